The fourth-order valence-corrected chi connectivity index (χ4v) is 4.49. The van der Waals surface area contributed by atoms with Gasteiger partial charge in [-0.05, 0) is 19.4 Å². The lowest BCUT2D eigenvalue weighted by atomic mass is 10.2. The fraction of sp³-hybridized carbons (Fsp3) is 0.333. The van der Waals surface area contributed by atoms with Gasteiger partial charge in [-0.15, -0.1) is 21.5 Å². The van der Waals surface area contributed by atoms with Crippen LogP contribution in [0.2, 0.25) is 0 Å². The van der Waals surface area contributed by atoms with Crippen molar-refractivity contribution >= 4 is 49.8 Å². The molecule has 0 aliphatic heterocycles. The molecule has 0 aliphatic carbocycles. The van der Waals surface area contributed by atoms with Crippen molar-refractivity contribution in [1.82, 2.24) is 20.2 Å². The van der Waals surface area contributed by atoms with Crippen molar-refractivity contribution < 1.29 is 0 Å². The Bertz CT molecular complexity index is 850. The van der Waals surface area contributed by atoms with Crippen LogP contribution in [0.15, 0.2) is 9.13 Å². The molecule has 0 aromatic carbocycles. The van der Waals surface area contributed by atoms with Crippen LogP contribution in [-0.2, 0) is 5.75 Å². The van der Waals surface area contributed by atoms with E-state index in [0.29, 0.717) is 17.0 Å². The van der Waals surface area contributed by atoms with E-state index in [-0.39, 0.29) is 5.56 Å². The number of anilines is 1. The summed E-state index contributed by atoms with van der Waals surface area (Å²) in [4.78, 5) is 21.5. The number of thioether (sulfide) groups is 1. The van der Waals surface area contributed by atoms with Crippen molar-refractivity contribution in [1.29, 1.82) is 0 Å². The van der Waals surface area contributed by atoms with Crippen LogP contribution in [0, 0.1) is 13.8 Å². The van der Waals surface area contributed by atoms with Crippen LogP contribution in [-0.4, -0.2) is 27.2 Å². The highest BCUT2D eigenvalue weighted by atomic mass is 32.2. The average Bonchev–Trinajstić information content (AvgIpc) is 3.02. The van der Waals surface area contributed by atoms with Crippen LogP contribution in [0.25, 0.3) is 10.2 Å². The van der Waals surface area contributed by atoms with Gasteiger partial charge in [0.1, 0.15) is 10.7 Å². The van der Waals surface area contributed by atoms with Crippen molar-refractivity contribution in [2.45, 2.75) is 23.9 Å². The van der Waals surface area contributed by atoms with Gasteiger partial charge in [-0.1, -0.05) is 23.1 Å². The molecule has 110 valence electrons. The molecule has 0 atom stereocenters. The van der Waals surface area contributed by atoms with E-state index in [1.165, 1.54) is 23.1 Å². The van der Waals surface area contributed by atoms with E-state index in [2.05, 4.69) is 25.5 Å². The first-order valence-corrected chi connectivity index (χ1v) is 8.83. The lowest BCUT2D eigenvalue weighted by molar-refractivity contribution is 1.00. The molecule has 0 spiro atoms. The molecule has 2 N–H and O–H groups in total. The molecule has 0 fully saturated rings. The minimum atomic E-state index is -0.0642. The minimum Gasteiger partial charge on any atom is -0.363 e. The van der Waals surface area contributed by atoms with Crippen molar-refractivity contribution in [2.75, 3.05) is 12.4 Å². The monoisotopic (exact) mass is 339 g/mol. The highest BCUT2D eigenvalue weighted by molar-refractivity contribution is 8.00. The number of hydrogen-bond acceptors (Lipinski definition) is 8. The molecule has 3 aromatic rings. The summed E-state index contributed by atoms with van der Waals surface area (Å²) in [5.74, 6) is 1.24. The summed E-state index contributed by atoms with van der Waals surface area (Å²) in [5, 5.41) is 12.5. The summed E-state index contributed by atoms with van der Waals surface area (Å²) in [6.07, 6.45) is 0. The molecule has 6 nitrogen and oxygen atoms in total. The molecule has 0 bridgehead atoms. The maximum atomic E-state index is 12.2. The second kappa shape index (κ2) is 5.74. The lowest BCUT2D eigenvalue weighted by Crippen LogP contribution is -2.10. The van der Waals surface area contributed by atoms with E-state index in [4.69, 9.17) is 0 Å². The third kappa shape index (κ3) is 2.81. The number of hydrogen-bond donors (Lipinski definition) is 2. The van der Waals surface area contributed by atoms with Crippen LogP contribution in [0.4, 0.5) is 5.13 Å². The normalized spacial score (nSPS) is 11.2. The van der Waals surface area contributed by atoms with Gasteiger partial charge in [0, 0.05) is 11.9 Å². The molecule has 3 aromatic heterocycles. The van der Waals surface area contributed by atoms with Crippen molar-refractivity contribution in [3.8, 4) is 0 Å². The Hall–Kier alpha value is -1.45. The van der Waals surface area contributed by atoms with Gasteiger partial charge in [-0.3, -0.25) is 4.79 Å². The Morgan fingerprint density at radius 1 is 1.29 bits per heavy atom. The number of nitrogens with zero attached hydrogens (tertiary/aromatic N) is 3. The van der Waals surface area contributed by atoms with Crippen molar-refractivity contribution in [2.24, 2.45) is 0 Å². The second-order valence-corrected chi connectivity index (χ2v) is 7.79. The van der Waals surface area contributed by atoms with E-state index < -0.39 is 0 Å². The Morgan fingerprint density at radius 3 is 2.81 bits per heavy atom. The smallest absolute Gasteiger partial charge is 0.259 e. The van der Waals surface area contributed by atoms with Crippen LogP contribution in [0.1, 0.15) is 16.3 Å². The van der Waals surface area contributed by atoms with Gasteiger partial charge < -0.3 is 10.3 Å². The van der Waals surface area contributed by atoms with Crippen molar-refractivity contribution in [3.63, 3.8) is 0 Å². The van der Waals surface area contributed by atoms with E-state index in [1.807, 2.05) is 20.9 Å². The molecule has 3 rings (SSSR count). The first-order chi connectivity index (χ1) is 10.1. The molecule has 0 unspecified atom stereocenters. The number of H-pyrrole nitrogens is 1. The van der Waals surface area contributed by atoms with E-state index in [0.717, 1.165) is 24.7 Å². The van der Waals surface area contributed by atoms with Crippen molar-refractivity contribution in [3.05, 3.63) is 26.6 Å². The molecular formula is C12H13N5OS3. The quantitative estimate of drug-likeness (QED) is 0.711. The molecule has 0 amide bonds. The van der Waals surface area contributed by atoms with E-state index >= 15 is 0 Å². The summed E-state index contributed by atoms with van der Waals surface area (Å²) < 4.78 is 0.848. The molecule has 0 aliphatic rings. The Labute approximate surface area is 133 Å². The summed E-state index contributed by atoms with van der Waals surface area (Å²) in [6.45, 7) is 3.97. The summed E-state index contributed by atoms with van der Waals surface area (Å²) in [6, 6.07) is 0. The number of aromatic amines is 1. The molecule has 0 saturated carbocycles. The highest BCUT2D eigenvalue weighted by Gasteiger charge is 2.12. The number of rotatable bonds is 4. The molecule has 9 heteroatoms. The second-order valence-electron chi connectivity index (χ2n) is 4.39. The predicted molar refractivity (Wildman–Crippen MR) is 88.7 cm³/mol. The molecule has 3 heterocycles. The molecule has 0 saturated heterocycles. The first kappa shape index (κ1) is 14.5. The Balaban J connectivity index is 1.86. The van der Waals surface area contributed by atoms with E-state index in [1.54, 1.807) is 11.3 Å². The third-order valence-electron chi connectivity index (χ3n) is 3.04. The van der Waals surface area contributed by atoms with Gasteiger partial charge in [-0.2, -0.15) is 0 Å². The number of aryl methyl sites for hydroxylation is 2. The number of nitrogens with one attached hydrogen (secondary N) is 2. The molecule has 21 heavy (non-hydrogen) atoms. The Kier molecular flexibility index (Phi) is 3.96. The van der Waals surface area contributed by atoms with Gasteiger partial charge in [0.2, 0.25) is 5.13 Å². The first-order valence-electron chi connectivity index (χ1n) is 6.21. The summed E-state index contributed by atoms with van der Waals surface area (Å²) in [5.41, 5.74) is 0.955. The number of thiophene rings is 1. The van der Waals surface area contributed by atoms with Gasteiger partial charge in [0.15, 0.2) is 4.34 Å². The van der Waals surface area contributed by atoms with E-state index in [9.17, 15) is 4.79 Å². The zero-order valence-corrected chi connectivity index (χ0v) is 14.1. The topological polar surface area (TPSA) is 83.6 Å². The standard InChI is InChI=1S/C12H13N5OS3/c1-5-6(2)20-10-8(5)9(18)14-7(15-10)4-19-12-17-16-11(13-3)21-12/h4H2,1-3H3,(H,13,16)(H,14,15,18). The minimum absolute atomic E-state index is 0.0642. The van der Waals surface area contributed by atoms with Crippen LogP contribution in [0.5, 0.6) is 0 Å². The number of aromatic nitrogens is 4. The van der Waals surface area contributed by atoms with Crippen LogP contribution < -0.4 is 10.9 Å². The zero-order valence-electron chi connectivity index (χ0n) is 11.7. The third-order valence-corrected chi connectivity index (χ3v) is 6.23. The number of fused-ring (bicyclic) bond motifs is 1. The lowest BCUT2D eigenvalue weighted by Gasteiger charge is -1.99. The fourth-order valence-electron chi connectivity index (χ4n) is 1.87. The van der Waals surface area contributed by atoms with Gasteiger partial charge in [-0.25, -0.2) is 4.98 Å². The van der Waals surface area contributed by atoms with Gasteiger partial charge >= 0.3 is 0 Å². The maximum absolute atomic E-state index is 12.2. The predicted octanol–water partition coefficient (Wildman–Crippen LogP) is 2.79. The molecular weight excluding hydrogens is 326 g/mol. The summed E-state index contributed by atoms with van der Waals surface area (Å²) >= 11 is 4.55. The van der Waals surface area contributed by atoms with Gasteiger partial charge in [0.05, 0.1) is 11.1 Å². The average molecular weight is 339 g/mol. The highest BCUT2D eigenvalue weighted by Crippen LogP contribution is 2.29. The maximum Gasteiger partial charge on any atom is 0.259 e. The SMILES string of the molecule is CNc1nnc(SCc2nc3sc(C)c(C)c3c(=O)[nH]2)s1. The van der Waals surface area contributed by atoms with Crippen LogP contribution >= 0.6 is 34.4 Å². The zero-order chi connectivity index (χ0) is 15.0. The van der Waals surface area contributed by atoms with Gasteiger partial charge in [0.25, 0.3) is 5.56 Å². The molecule has 0 radical (unpaired) electrons. The Morgan fingerprint density at radius 2 is 2.10 bits per heavy atom. The van der Waals surface area contributed by atoms with Crippen LogP contribution in [0.3, 0.4) is 0 Å². The summed E-state index contributed by atoms with van der Waals surface area (Å²) in [7, 11) is 1.81. The largest absolute Gasteiger partial charge is 0.363 e.